The predicted molar refractivity (Wildman–Crippen MR) is 72.8 cm³/mol. The molecule has 2 heteroatoms. The van der Waals surface area contributed by atoms with Crippen LogP contribution in [0.5, 0.6) is 5.75 Å². The molecule has 18 heavy (non-hydrogen) atoms. The molecule has 3 rings (SSSR count). The van der Waals surface area contributed by atoms with E-state index in [2.05, 4.69) is 24.3 Å². The molecule has 2 nitrogen and oxygen atoms in total. The Bertz CT molecular complexity index is 535. The maximum atomic E-state index is 9.92. The summed E-state index contributed by atoms with van der Waals surface area (Å²) in [6.45, 7) is 0. The fourth-order valence-electron chi connectivity index (χ4n) is 2.63. The Hall–Kier alpha value is -1.54. The van der Waals surface area contributed by atoms with E-state index in [0.29, 0.717) is 0 Å². The standard InChI is InChI=1S/C16H18O2/c17-15-7-3-4-8-16(15)18-14-10-9-12-5-1-2-6-13(12)11-14/h1-2,5-6,9-11,15-17H,3-4,7-8H2. The summed E-state index contributed by atoms with van der Waals surface area (Å²) < 4.78 is 5.93. The molecule has 0 heterocycles. The Labute approximate surface area is 107 Å². The number of benzene rings is 2. The molecule has 1 aliphatic carbocycles. The average molecular weight is 242 g/mol. The second-order valence-corrected chi connectivity index (χ2v) is 5.02. The number of aliphatic hydroxyl groups is 1. The average Bonchev–Trinajstić information content (AvgIpc) is 2.41. The molecule has 0 bridgehead atoms. The number of ether oxygens (including phenoxy) is 1. The second-order valence-electron chi connectivity index (χ2n) is 5.02. The van der Waals surface area contributed by atoms with Gasteiger partial charge in [0.25, 0.3) is 0 Å². The summed E-state index contributed by atoms with van der Waals surface area (Å²) in [6, 6.07) is 14.4. The lowest BCUT2D eigenvalue weighted by molar-refractivity contribution is 0.00695. The molecule has 2 unspecified atom stereocenters. The molecule has 0 amide bonds. The molecule has 94 valence electrons. The SMILES string of the molecule is OC1CCCCC1Oc1ccc2ccccc2c1. The van der Waals surface area contributed by atoms with Crippen molar-refractivity contribution >= 4 is 10.8 Å². The van der Waals surface area contributed by atoms with Gasteiger partial charge in [0.2, 0.25) is 0 Å². The fraction of sp³-hybridized carbons (Fsp3) is 0.375. The van der Waals surface area contributed by atoms with Gasteiger partial charge in [-0.15, -0.1) is 0 Å². The molecule has 0 aliphatic heterocycles. The van der Waals surface area contributed by atoms with Gasteiger partial charge >= 0.3 is 0 Å². The highest BCUT2D eigenvalue weighted by atomic mass is 16.5. The second kappa shape index (κ2) is 4.99. The Morgan fingerprint density at radius 2 is 1.72 bits per heavy atom. The van der Waals surface area contributed by atoms with Gasteiger partial charge in [-0.25, -0.2) is 0 Å². The summed E-state index contributed by atoms with van der Waals surface area (Å²) in [4.78, 5) is 0. The topological polar surface area (TPSA) is 29.5 Å². The summed E-state index contributed by atoms with van der Waals surface area (Å²) >= 11 is 0. The van der Waals surface area contributed by atoms with E-state index < -0.39 is 0 Å². The fourth-order valence-corrected chi connectivity index (χ4v) is 2.63. The van der Waals surface area contributed by atoms with Gasteiger partial charge in [0.1, 0.15) is 11.9 Å². The molecular formula is C16H18O2. The van der Waals surface area contributed by atoms with Crippen molar-refractivity contribution in [3.05, 3.63) is 42.5 Å². The number of hydrogen-bond acceptors (Lipinski definition) is 2. The minimum atomic E-state index is -0.315. The molecule has 1 saturated carbocycles. The van der Waals surface area contributed by atoms with Crippen LogP contribution in [0.3, 0.4) is 0 Å². The van der Waals surface area contributed by atoms with Gasteiger partial charge in [0, 0.05) is 0 Å². The minimum Gasteiger partial charge on any atom is -0.488 e. The largest absolute Gasteiger partial charge is 0.488 e. The maximum Gasteiger partial charge on any atom is 0.124 e. The number of aliphatic hydroxyl groups excluding tert-OH is 1. The van der Waals surface area contributed by atoms with Gasteiger partial charge in [-0.1, -0.05) is 36.8 Å². The van der Waals surface area contributed by atoms with E-state index in [1.54, 1.807) is 0 Å². The van der Waals surface area contributed by atoms with Gasteiger partial charge in [-0.05, 0) is 42.2 Å². The summed E-state index contributed by atoms with van der Waals surface area (Å²) in [5.74, 6) is 0.861. The van der Waals surface area contributed by atoms with Gasteiger partial charge < -0.3 is 9.84 Å². The molecule has 2 aromatic rings. The van der Waals surface area contributed by atoms with Crippen LogP contribution in [0.4, 0.5) is 0 Å². The highest BCUT2D eigenvalue weighted by Crippen LogP contribution is 2.26. The summed E-state index contributed by atoms with van der Waals surface area (Å²) in [7, 11) is 0. The third kappa shape index (κ3) is 2.34. The van der Waals surface area contributed by atoms with Crippen LogP contribution in [0.2, 0.25) is 0 Å². The Morgan fingerprint density at radius 3 is 2.56 bits per heavy atom. The quantitative estimate of drug-likeness (QED) is 0.873. The van der Waals surface area contributed by atoms with E-state index in [1.165, 1.54) is 10.8 Å². The molecule has 2 atom stereocenters. The van der Waals surface area contributed by atoms with Gasteiger partial charge in [-0.3, -0.25) is 0 Å². The third-order valence-corrected chi connectivity index (χ3v) is 3.68. The molecule has 1 N–H and O–H groups in total. The number of rotatable bonds is 2. The lowest BCUT2D eigenvalue weighted by atomic mass is 9.95. The summed E-state index contributed by atoms with van der Waals surface area (Å²) in [5.41, 5.74) is 0. The number of fused-ring (bicyclic) bond motifs is 1. The molecule has 1 aliphatic rings. The zero-order chi connectivity index (χ0) is 12.4. The highest BCUT2D eigenvalue weighted by molar-refractivity contribution is 5.83. The first-order valence-electron chi connectivity index (χ1n) is 6.66. The van der Waals surface area contributed by atoms with Gasteiger partial charge in [0.15, 0.2) is 0 Å². The van der Waals surface area contributed by atoms with E-state index in [4.69, 9.17) is 4.74 Å². The van der Waals surface area contributed by atoms with Crippen molar-refractivity contribution in [1.29, 1.82) is 0 Å². The van der Waals surface area contributed by atoms with Gasteiger partial charge in [-0.2, -0.15) is 0 Å². The van der Waals surface area contributed by atoms with Crippen LogP contribution >= 0.6 is 0 Å². The first-order valence-corrected chi connectivity index (χ1v) is 6.66. The van der Waals surface area contributed by atoms with Crippen molar-refractivity contribution in [1.82, 2.24) is 0 Å². The van der Waals surface area contributed by atoms with Gasteiger partial charge in [0.05, 0.1) is 6.10 Å². The summed E-state index contributed by atoms with van der Waals surface area (Å²) in [5, 5.41) is 12.3. The monoisotopic (exact) mass is 242 g/mol. The predicted octanol–water partition coefficient (Wildman–Crippen LogP) is 3.52. The van der Waals surface area contributed by atoms with E-state index in [0.717, 1.165) is 31.4 Å². The van der Waals surface area contributed by atoms with E-state index in [-0.39, 0.29) is 12.2 Å². The maximum absolute atomic E-state index is 9.92. The zero-order valence-electron chi connectivity index (χ0n) is 10.4. The molecule has 1 fully saturated rings. The van der Waals surface area contributed by atoms with Crippen molar-refractivity contribution < 1.29 is 9.84 Å². The third-order valence-electron chi connectivity index (χ3n) is 3.68. The molecule has 0 aromatic heterocycles. The summed E-state index contributed by atoms with van der Waals surface area (Å²) in [6.07, 6.45) is 3.71. The lowest BCUT2D eigenvalue weighted by Gasteiger charge is -2.28. The van der Waals surface area contributed by atoms with Crippen LogP contribution in [0.25, 0.3) is 10.8 Å². The zero-order valence-corrected chi connectivity index (χ0v) is 10.4. The minimum absolute atomic E-state index is 0.0417. The van der Waals surface area contributed by atoms with E-state index >= 15 is 0 Å². The molecule has 0 spiro atoms. The first-order chi connectivity index (χ1) is 8.83. The van der Waals surface area contributed by atoms with Crippen molar-refractivity contribution in [3.63, 3.8) is 0 Å². The lowest BCUT2D eigenvalue weighted by Crippen LogP contribution is -2.34. The smallest absolute Gasteiger partial charge is 0.124 e. The number of hydrogen-bond donors (Lipinski definition) is 1. The van der Waals surface area contributed by atoms with Crippen LogP contribution in [0.1, 0.15) is 25.7 Å². The van der Waals surface area contributed by atoms with Crippen molar-refractivity contribution in [2.45, 2.75) is 37.9 Å². The van der Waals surface area contributed by atoms with Crippen LogP contribution in [-0.2, 0) is 0 Å². The molecule has 2 aromatic carbocycles. The van der Waals surface area contributed by atoms with Crippen LogP contribution < -0.4 is 4.74 Å². The Balaban J connectivity index is 1.81. The van der Waals surface area contributed by atoms with Crippen LogP contribution in [0, 0.1) is 0 Å². The Kier molecular flexibility index (Phi) is 3.20. The highest BCUT2D eigenvalue weighted by Gasteiger charge is 2.24. The van der Waals surface area contributed by atoms with E-state index in [1.807, 2.05) is 18.2 Å². The molecule has 0 saturated heterocycles. The van der Waals surface area contributed by atoms with Crippen molar-refractivity contribution in [3.8, 4) is 5.75 Å². The van der Waals surface area contributed by atoms with Crippen LogP contribution in [-0.4, -0.2) is 17.3 Å². The molecular weight excluding hydrogens is 224 g/mol. The first kappa shape index (κ1) is 11.5. The van der Waals surface area contributed by atoms with Crippen molar-refractivity contribution in [2.75, 3.05) is 0 Å². The Morgan fingerprint density at radius 1 is 0.944 bits per heavy atom. The molecule has 0 radical (unpaired) electrons. The van der Waals surface area contributed by atoms with Crippen LogP contribution in [0.15, 0.2) is 42.5 Å². The van der Waals surface area contributed by atoms with Crippen molar-refractivity contribution in [2.24, 2.45) is 0 Å². The van der Waals surface area contributed by atoms with E-state index in [9.17, 15) is 5.11 Å². The normalized spacial score (nSPS) is 24.1.